The van der Waals surface area contributed by atoms with Crippen molar-refractivity contribution in [2.75, 3.05) is 0 Å². The molecule has 0 aromatic heterocycles. The molecular formula is C19H19ClO2. The van der Waals surface area contributed by atoms with E-state index in [1.54, 1.807) is 12.1 Å². The van der Waals surface area contributed by atoms with Crippen LogP contribution in [-0.2, 0) is 0 Å². The zero-order chi connectivity index (χ0) is 15.5. The Morgan fingerprint density at radius 1 is 0.909 bits per heavy atom. The van der Waals surface area contributed by atoms with Crippen LogP contribution in [0.15, 0.2) is 36.4 Å². The first kappa shape index (κ1) is 15.0. The number of aromatic hydroxyl groups is 2. The van der Waals surface area contributed by atoms with Crippen LogP contribution >= 0.6 is 11.6 Å². The maximum atomic E-state index is 10.3. The Labute approximate surface area is 135 Å². The van der Waals surface area contributed by atoms with Crippen LogP contribution in [0.2, 0.25) is 5.02 Å². The fourth-order valence-corrected chi connectivity index (χ4v) is 3.37. The lowest BCUT2D eigenvalue weighted by atomic mass is 9.94. The maximum Gasteiger partial charge on any atom is 0.123 e. The zero-order valence-electron chi connectivity index (χ0n) is 12.3. The molecule has 3 heteroatoms. The number of rotatable bonds is 3. The molecular weight excluding hydrogens is 296 g/mol. The summed E-state index contributed by atoms with van der Waals surface area (Å²) in [5.41, 5.74) is 2.46. The summed E-state index contributed by atoms with van der Waals surface area (Å²) in [6.07, 6.45) is 8.19. The van der Waals surface area contributed by atoms with Gasteiger partial charge < -0.3 is 10.2 Å². The second-order valence-corrected chi connectivity index (χ2v) is 6.28. The summed E-state index contributed by atoms with van der Waals surface area (Å²) in [5.74, 6) is 0.668. The molecule has 2 N–H and O–H groups in total. The van der Waals surface area contributed by atoms with Crippen molar-refractivity contribution in [3.63, 3.8) is 0 Å². The van der Waals surface area contributed by atoms with E-state index >= 15 is 0 Å². The van der Waals surface area contributed by atoms with Gasteiger partial charge in [-0.1, -0.05) is 48.7 Å². The van der Waals surface area contributed by atoms with Gasteiger partial charge in [0.05, 0.1) is 0 Å². The van der Waals surface area contributed by atoms with Gasteiger partial charge in [-0.25, -0.2) is 0 Å². The van der Waals surface area contributed by atoms with Crippen molar-refractivity contribution in [2.24, 2.45) is 0 Å². The molecule has 1 aliphatic carbocycles. The third-order valence-electron chi connectivity index (χ3n) is 4.24. The van der Waals surface area contributed by atoms with Crippen LogP contribution in [-0.4, -0.2) is 10.2 Å². The van der Waals surface area contributed by atoms with E-state index in [1.165, 1.54) is 12.8 Å². The highest BCUT2D eigenvalue weighted by atomic mass is 35.5. The first-order valence-corrected chi connectivity index (χ1v) is 8.01. The SMILES string of the molecule is Oc1cc(/C=C/c2cccc(Cl)c2)cc(O)c1C1CCCC1. The van der Waals surface area contributed by atoms with E-state index in [9.17, 15) is 10.2 Å². The van der Waals surface area contributed by atoms with Gasteiger partial charge in [0, 0.05) is 10.6 Å². The molecule has 0 amide bonds. The smallest absolute Gasteiger partial charge is 0.123 e. The van der Waals surface area contributed by atoms with E-state index in [1.807, 2.05) is 36.4 Å². The van der Waals surface area contributed by atoms with Crippen molar-refractivity contribution < 1.29 is 10.2 Å². The highest BCUT2D eigenvalue weighted by Gasteiger charge is 2.23. The Bertz CT molecular complexity index is 677. The van der Waals surface area contributed by atoms with Gasteiger partial charge in [-0.15, -0.1) is 0 Å². The number of phenols is 2. The molecule has 2 nitrogen and oxygen atoms in total. The Kier molecular flexibility index (Phi) is 4.39. The summed E-state index contributed by atoms with van der Waals surface area (Å²) in [6, 6.07) is 11.0. The molecule has 1 saturated carbocycles. The number of benzene rings is 2. The van der Waals surface area contributed by atoms with Crippen LogP contribution in [0.1, 0.15) is 48.3 Å². The lowest BCUT2D eigenvalue weighted by molar-refractivity contribution is 0.428. The molecule has 0 bridgehead atoms. The number of halogens is 1. The molecule has 2 aromatic carbocycles. The van der Waals surface area contributed by atoms with Crippen LogP contribution < -0.4 is 0 Å². The Hall–Kier alpha value is -1.93. The molecule has 0 unspecified atom stereocenters. The predicted molar refractivity (Wildman–Crippen MR) is 91.4 cm³/mol. The van der Waals surface area contributed by atoms with Crippen molar-refractivity contribution >= 4 is 23.8 Å². The largest absolute Gasteiger partial charge is 0.507 e. The van der Waals surface area contributed by atoms with Gasteiger partial charge in [0.1, 0.15) is 11.5 Å². The van der Waals surface area contributed by atoms with E-state index in [2.05, 4.69) is 0 Å². The van der Waals surface area contributed by atoms with Crippen LogP contribution in [0.5, 0.6) is 11.5 Å². The van der Waals surface area contributed by atoms with Gasteiger partial charge in [0.2, 0.25) is 0 Å². The number of hydrogen-bond acceptors (Lipinski definition) is 2. The minimum absolute atomic E-state index is 0.192. The molecule has 114 valence electrons. The normalized spacial score (nSPS) is 15.7. The average molecular weight is 315 g/mol. The summed E-state index contributed by atoms with van der Waals surface area (Å²) in [4.78, 5) is 0. The summed E-state index contributed by atoms with van der Waals surface area (Å²) >= 11 is 5.96. The van der Waals surface area contributed by atoms with Crippen molar-refractivity contribution in [3.8, 4) is 11.5 Å². The second kappa shape index (κ2) is 6.45. The van der Waals surface area contributed by atoms with Crippen LogP contribution in [0.3, 0.4) is 0 Å². The third kappa shape index (κ3) is 3.28. The molecule has 0 saturated heterocycles. The van der Waals surface area contributed by atoms with E-state index in [-0.39, 0.29) is 17.4 Å². The summed E-state index contributed by atoms with van der Waals surface area (Å²) in [7, 11) is 0. The fourth-order valence-electron chi connectivity index (χ4n) is 3.18. The Balaban J connectivity index is 1.86. The lowest BCUT2D eigenvalue weighted by Gasteiger charge is -2.14. The summed E-state index contributed by atoms with van der Waals surface area (Å²) in [6.45, 7) is 0. The van der Waals surface area contributed by atoms with Crippen molar-refractivity contribution in [1.29, 1.82) is 0 Å². The Morgan fingerprint density at radius 2 is 1.55 bits per heavy atom. The van der Waals surface area contributed by atoms with Gasteiger partial charge in [-0.3, -0.25) is 0 Å². The molecule has 0 heterocycles. The van der Waals surface area contributed by atoms with E-state index in [0.29, 0.717) is 10.6 Å². The average Bonchev–Trinajstić information content (AvgIpc) is 2.98. The molecule has 2 aromatic rings. The molecule has 0 atom stereocenters. The molecule has 3 rings (SSSR count). The zero-order valence-corrected chi connectivity index (χ0v) is 13.1. The van der Waals surface area contributed by atoms with E-state index < -0.39 is 0 Å². The summed E-state index contributed by atoms with van der Waals surface area (Å²) < 4.78 is 0. The minimum Gasteiger partial charge on any atom is -0.507 e. The van der Waals surface area contributed by atoms with E-state index in [4.69, 9.17) is 11.6 Å². The van der Waals surface area contributed by atoms with E-state index in [0.717, 1.165) is 24.0 Å². The lowest BCUT2D eigenvalue weighted by Crippen LogP contribution is -1.94. The molecule has 0 spiro atoms. The monoisotopic (exact) mass is 314 g/mol. The number of phenolic OH excluding ortho intramolecular Hbond substituents is 2. The van der Waals surface area contributed by atoms with Gasteiger partial charge in [0.15, 0.2) is 0 Å². The highest BCUT2D eigenvalue weighted by Crippen LogP contribution is 2.43. The Morgan fingerprint density at radius 3 is 2.18 bits per heavy atom. The number of hydrogen-bond donors (Lipinski definition) is 2. The van der Waals surface area contributed by atoms with Crippen molar-refractivity contribution in [3.05, 3.63) is 58.1 Å². The van der Waals surface area contributed by atoms with Crippen molar-refractivity contribution in [2.45, 2.75) is 31.6 Å². The molecule has 1 fully saturated rings. The quantitative estimate of drug-likeness (QED) is 0.726. The summed E-state index contributed by atoms with van der Waals surface area (Å²) in [5, 5.41) is 21.2. The van der Waals surface area contributed by atoms with Gasteiger partial charge >= 0.3 is 0 Å². The first-order valence-electron chi connectivity index (χ1n) is 7.63. The van der Waals surface area contributed by atoms with Gasteiger partial charge in [0.25, 0.3) is 0 Å². The van der Waals surface area contributed by atoms with Crippen molar-refractivity contribution in [1.82, 2.24) is 0 Å². The molecule has 1 aliphatic rings. The standard InChI is InChI=1S/C19H19ClO2/c20-16-7-3-4-13(10-16)8-9-14-11-17(21)19(18(22)12-14)15-5-1-2-6-15/h3-4,7-12,15,21-22H,1-2,5-6H2/b9-8+. The topological polar surface area (TPSA) is 40.5 Å². The first-order chi connectivity index (χ1) is 10.6. The van der Waals surface area contributed by atoms with Gasteiger partial charge in [-0.2, -0.15) is 0 Å². The van der Waals surface area contributed by atoms with Crippen LogP contribution in [0.25, 0.3) is 12.2 Å². The second-order valence-electron chi connectivity index (χ2n) is 5.84. The molecule has 0 aliphatic heterocycles. The third-order valence-corrected chi connectivity index (χ3v) is 4.47. The molecule has 0 radical (unpaired) electrons. The fraction of sp³-hybridized carbons (Fsp3) is 0.263. The molecule has 22 heavy (non-hydrogen) atoms. The van der Waals surface area contributed by atoms with Crippen LogP contribution in [0.4, 0.5) is 0 Å². The maximum absolute atomic E-state index is 10.3. The van der Waals surface area contributed by atoms with Crippen LogP contribution in [0, 0.1) is 0 Å². The predicted octanol–water partition coefficient (Wildman–Crippen LogP) is 5.58. The van der Waals surface area contributed by atoms with Gasteiger partial charge in [-0.05, 0) is 54.2 Å². The highest BCUT2D eigenvalue weighted by molar-refractivity contribution is 6.30. The minimum atomic E-state index is 0.192.